The van der Waals surface area contributed by atoms with Crippen molar-refractivity contribution in [1.82, 2.24) is 10.2 Å². The summed E-state index contributed by atoms with van der Waals surface area (Å²) in [4.78, 5) is 14.2. The standard InChI is InChI=1S/C13H26N2O/c1-3-9-14-11-13(16)15-10-7-5-6-8-12(15)4-2/h12,14H,3-11H2,1-2H3. The van der Waals surface area contributed by atoms with Crippen molar-refractivity contribution in [3.8, 4) is 0 Å². The van der Waals surface area contributed by atoms with E-state index in [0.29, 0.717) is 18.5 Å². The Balaban J connectivity index is 2.42. The molecule has 0 aromatic rings. The molecule has 1 saturated heterocycles. The monoisotopic (exact) mass is 226 g/mol. The summed E-state index contributed by atoms with van der Waals surface area (Å²) < 4.78 is 0. The fourth-order valence-electron chi connectivity index (χ4n) is 2.40. The number of rotatable bonds is 5. The summed E-state index contributed by atoms with van der Waals surface area (Å²) >= 11 is 0. The highest BCUT2D eigenvalue weighted by Crippen LogP contribution is 2.18. The predicted molar refractivity (Wildman–Crippen MR) is 67.4 cm³/mol. The molecule has 1 aliphatic rings. The van der Waals surface area contributed by atoms with E-state index in [4.69, 9.17) is 0 Å². The first-order chi connectivity index (χ1) is 7.79. The molecule has 3 heteroatoms. The van der Waals surface area contributed by atoms with Crippen molar-refractivity contribution in [2.24, 2.45) is 0 Å². The third-order valence-corrected chi connectivity index (χ3v) is 3.37. The summed E-state index contributed by atoms with van der Waals surface area (Å²) in [6.45, 7) is 6.74. The van der Waals surface area contributed by atoms with Gasteiger partial charge in [0.05, 0.1) is 6.54 Å². The Morgan fingerprint density at radius 1 is 1.31 bits per heavy atom. The molecule has 0 saturated carbocycles. The van der Waals surface area contributed by atoms with Gasteiger partial charge < -0.3 is 10.2 Å². The van der Waals surface area contributed by atoms with Crippen LogP contribution in [0.5, 0.6) is 0 Å². The third kappa shape index (κ3) is 4.12. The first-order valence-corrected chi connectivity index (χ1v) is 6.79. The number of hydrogen-bond donors (Lipinski definition) is 1. The number of amides is 1. The fraction of sp³-hybridized carbons (Fsp3) is 0.923. The molecule has 0 aliphatic carbocycles. The lowest BCUT2D eigenvalue weighted by Crippen LogP contribution is -2.44. The van der Waals surface area contributed by atoms with E-state index in [-0.39, 0.29) is 0 Å². The van der Waals surface area contributed by atoms with Gasteiger partial charge in [-0.05, 0) is 32.2 Å². The van der Waals surface area contributed by atoms with Crippen LogP contribution in [-0.2, 0) is 4.79 Å². The molecule has 0 spiro atoms. The Labute approximate surface area is 99.6 Å². The van der Waals surface area contributed by atoms with Crippen molar-refractivity contribution in [2.75, 3.05) is 19.6 Å². The van der Waals surface area contributed by atoms with Crippen LogP contribution in [0.3, 0.4) is 0 Å². The molecule has 1 N–H and O–H groups in total. The van der Waals surface area contributed by atoms with E-state index in [1.54, 1.807) is 0 Å². The molecule has 3 nitrogen and oxygen atoms in total. The van der Waals surface area contributed by atoms with Crippen molar-refractivity contribution in [1.29, 1.82) is 0 Å². The SMILES string of the molecule is CCCNCC(=O)N1CCCCCC1CC. The maximum absolute atomic E-state index is 12.1. The summed E-state index contributed by atoms with van der Waals surface area (Å²) in [5, 5.41) is 3.21. The van der Waals surface area contributed by atoms with Crippen molar-refractivity contribution in [3.05, 3.63) is 0 Å². The van der Waals surface area contributed by atoms with E-state index >= 15 is 0 Å². The highest BCUT2D eigenvalue weighted by Gasteiger charge is 2.23. The highest BCUT2D eigenvalue weighted by molar-refractivity contribution is 5.78. The molecule has 1 heterocycles. The van der Waals surface area contributed by atoms with E-state index in [9.17, 15) is 4.79 Å². The van der Waals surface area contributed by atoms with Gasteiger partial charge in [0.2, 0.25) is 5.91 Å². The van der Waals surface area contributed by atoms with Crippen LogP contribution in [0.15, 0.2) is 0 Å². The van der Waals surface area contributed by atoms with Gasteiger partial charge in [0.1, 0.15) is 0 Å². The maximum atomic E-state index is 12.1. The van der Waals surface area contributed by atoms with Gasteiger partial charge in [-0.15, -0.1) is 0 Å². The number of carbonyl (C=O) groups excluding carboxylic acids is 1. The third-order valence-electron chi connectivity index (χ3n) is 3.37. The quantitative estimate of drug-likeness (QED) is 0.729. The van der Waals surface area contributed by atoms with Gasteiger partial charge in [0, 0.05) is 12.6 Å². The van der Waals surface area contributed by atoms with Gasteiger partial charge in [-0.2, -0.15) is 0 Å². The minimum atomic E-state index is 0.294. The van der Waals surface area contributed by atoms with Crippen molar-refractivity contribution in [3.63, 3.8) is 0 Å². The molecule has 0 aromatic heterocycles. The maximum Gasteiger partial charge on any atom is 0.236 e. The van der Waals surface area contributed by atoms with Gasteiger partial charge in [0.15, 0.2) is 0 Å². The van der Waals surface area contributed by atoms with E-state index in [1.807, 2.05) is 0 Å². The molecule has 1 rings (SSSR count). The van der Waals surface area contributed by atoms with Crippen LogP contribution >= 0.6 is 0 Å². The van der Waals surface area contributed by atoms with Crippen LogP contribution in [-0.4, -0.2) is 36.5 Å². The second-order valence-electron chi connectivity index (χ2n) is 4.68. The Hall–Kier alpha value is -0.570. The van der Waals surface area contributed by atoms with Crippen LogP contribution in [0.1, 0.15) is 52.4 Å². The van der Waals surface area contributed by atoms with Crippen LogP contribution < -0.4 is 5.32 Å². The lowest BCUT2D eigenvalue weighted by molar-refractivity contribution is -0.132. The molecule has 1 unspecified atom stereocenters. The smallest absolute Gasteiger partial charge is 0.236 e. The average molecular weight is 226 g/mol. The molecule has 1 amide bonds. The number of nitrogens with zero attached hydrogens (tertiary/aromatic N) is 1. The van der Waals surface area contributed by atoms with E-state index in [2.05, 4.69) is 24.1 Å². The largest absolute Gasteiger partial charge is 0.339 e. The molecule has 1 aliphatic heterocycles. The predicted octanol–water partition coefficient (Wildman–Crippen LogP) is 2.17. The Kier molecular flexibility index (Phi) is 6.46. The first-order valence-electron chi connectivity index (χ1n) is 6.79. The molecule has 0 bridgehead atoms. The topological polar surface area (TPSA) is 32.3 Å². The van der Waals surface area contributed by atoms with E-state index in [0.717, 1.165) is 25.9 Å². The van der Waals surface area contributed by atoms with E-state index < -0.39 is 0 Å². The number of carbonyl (C=O) groups is 1. The Morgan fingerprint density at radius 2 is 2.12 bits per heavy atom. The van der Waals surface area contributed by atoms with Crippen molar-refractivity contribution in [2.45, 2.75) is 58.4 Å². The van der Waals surface area contributed by atoms with Gasteiger partial charge >= 0.3 is 0 Å². The lowest BCUT2D eigenvalue weighted by atomic mass is 10.1. The van der Waals surface area contributed by atoms with Crippen molar-refractivity contribution >= 4 is 5.91 Å². The van der Waals surface area contributed by atoms with Gasteiger partial charge in [-0.3, -0.25) is 4.79 Å². The Bertz CT molecular complexity index is 206. The summed E-state index contributed by atoms with van der Waals surface area (Å²) in [6.07, 6.45) is 7.11. The highest BCUT2D eigenvalue weighted by atomic mass is 16.2. The molecular weight excluding hydrogens is 200 g/mol. The summed E-state index contributed by atoms with van der Waals surface area (Å²) in [5.41, 5.74) is 0. The van der Waals surface area contributed by atoms with Crippen molar-refractivity contribution < 1.29 is 4.79 Å². The summed E-state index contributed by atoms with van der Waals surface area (Å²) in [7, 11) is 0. The zero-order valence-corrected chi connectivity index (χ0v) is 10.8. The molecular formula is C13H26N2O. The lowest BCUT2D eigenvalue weighted by Gasteiger charge is -2.29. The van der Waals surface area contributed by atoms with Gasteiger partial charge in [0.25, 0.3) is 0 Å². The minimum absolute atomic E-state index is 0.294. The molecule has 1 fully saturated rings. The van der Waals surface area contributed by atoms with Gasteiger partial charge in [-0.25, -0.2) is 0 Å². The van der Waals surface area contributed by atoms with Crippen LogP contribution in [0, 0.1) is 0 Å². The second-order valence-corrected chi connectivity index (χ2v) is 4.68. The van der Waals surface area contributed by atoms with Crippen LogP contribution in [0.25, 0.3) is 0 Å². The molecule has 0 aromatic carbocycles. The number of likely N-dealkylation sites (tertiary alicyclic amines) is 1. The average Bonchev–Trinajstić information content (AvgIpc) is 2.54. The Morgan fingerprint density at radius 3 is 2.81 bits per heavy atom. The molecule has 0 radical (unpaired) electrons. The molecule has 16 heavy (non-hydrogen) atoms. The van der Waals surface area contributed by atoms with E-state index in [1.165, 1.54) is 25.7 Å². The zero-order valence-electron chi connectivity index (χ0n) is 10.8. The number of nitrogens with one attached hydrogen (secondary N) is 1. The minimum Gasteiger partial charge on any atom is -0.339 e. The second kappa shape index (κ2) is 7.66. The van der Waals surface area contributed by atoms with Crippen LogP contribution in [0.4, 0.5) is 0 Å². The molecule has 1 atom stereocenters. The number of hydrogen-bond acceptors (Lipinski definition) is 2. The fourth-order valence-corrected chi connectivity index (χ4v) is 2.40. The summed E-state index contributed by atoms with van der Waals surface area (Å²) in [5.74, 6) is 0.294. The zero-order chi connectivity index (χ0) is 11.8. The molecule has 94 valence electrons. The van der Waals surface area contributed by atoms with Crippen LogP contribution in [0.2, 0.25) is 0 Å². The van der Waals surface area contributed by atoms with Gasteiger partial charge in [-0.1, -0.05) is 26.7 Å². The normalized spacial score (nSPS) is 21.9. The summed E-state index contributed by atoms with van der Waals surface area (Å²) in [6, 6.07) is 0.485. The first kappa shape index (κ1) is 13.5.